The summed E-state index contributed by atoms with van der Waals surface area (Å²) in [6, 6.07) is 3.54. The van der Waals surface area contributed by atoms with Gasteiger partial charge in [0.25, 0.3) is 5.91 Å². The van der Waals surface area contributed by atoms with Crippen molar-refractivity contribution in [3.05, 3.63) is 22.7 Å². The first-order chi connectivity index (χ1) is 14.1. The molecule has 0 radical (unpaired) electrons. The zero-order valence-corrected chi connectivity index (χ0v) is 18.8. The third-order valence-electron chi connectivity index (χ3n) is 5.95. The zero-order valence-electron chi connectivity index (χ0n) is 18.0. The van der Waals surface area contributed by atoms with Crippen molar-refractivity contribution in [1.82, 2.24) is 15.5 Å². The van der Waals surface area contributed by atoms with Gasteiger partial charge in [-0.15, -0.1) is 0 Å². The number of hydrogen-bond acceptors (Lipinski definition) is 5. The fourth-order valence-corrected chi connectivity index (χ4v) is 4.50. The van der Waals surface area contributed by atoms with Crippen molar-refractivity contribution in [2.24, 2.45) is 5.92 Å². The van der Waals surface area contributed by atoms with Gasteiger partial charge in [0.15, 0.2) is 0 Å². The van der Waals surface area contributed by atoms with Gasteiger partial charge in [-0.2, -0.15) is 0 Å². The number of benzene rings is 1. The van der Waals surface area contributed by atoms with Crippen molar-refractivity contribution >= 4 is 35.1 Å². The van der Waals surface area contributed by atoms with Crippen LogP contribution in [0.4, 0.5) is 10.5 Å². The molecule has 2 N–H and O–H groups in total. The maximum absolute atomic E-state index is 13.0. The maximum atomic E-state index is 13.0. The van der Waals surface area contributed by atoms with Crippen LogP contribution in [0.3, 0.4) is 0 Å². The van der Waals surface area contributed by atoms with E-state index in [0.717, 1.165) is 11.3 Å². The zero-order chi connectivity index (χ0) is 22.2. The van der Waals surface area contributed by atoms with E-state index in [1.54, 1.807) is 21.0 Å². The minimum absolute atomic E-state index is 0.0125. The number of carbonyl (C=O) groups is 3. The summed E-state index contributed by atoms with van der Waals surface area (Å²) in [5, 5.41) is 5.47. The summed E-state index contributed by atoms with van der Waals surface area (Å²) >= 11 is 6.29. The number of carbonyl (C=O) groups excluding carboxylic acids is 3. The molecule has 1 aromatic rings. The third-order valence-corrected chi connectivity index (χ3v) is 6.43. The molecule has 30 heavy (non-hydrogen) atoms. The molecule has 0 saturated carbocycles. The number of anilines is 1. The molecule has 2 fully saturated rings. The van der Waals surface area contributed by atoms with E-state index in [9.17, 15) is 14.4 Å². The molecule has 0 unspecified atom stereocenters. The molecular formula is C21H29ClN4O4. The minimum atomic E-state index is -1.06. The lowest BCUT2D eigenvalue weighted by atomic mass is 9.89. The molecule has 164 valence electrons. The monoisotopic (exact) mass is 436 g/mol. The predicted octanol–water partition coefficient (Wildman–Crippen LogP) is 2.32. The second-order valence-electron chi connectivity index (χ2n) is 8.45. The quantitative estimate of drug-likeness (QED) is 0.691. The summed E-state index contributed by atoms with van der Waals surface area (Å²) < 4.78 is 5.39. The highest BCUT2D eigenvalue weighted by Crippen LogP contribution is 2.34. The molecule has 9 heteroatoms. The lowest BCUT2D eigenvalue weighted by Gasteiger charge is -2.42. The molecule has 0 aliphatic carbocycles. The number of aryl methyl sites for hydroxylation is 1. The van der Waals surface area contributed by atoms with E-state index in [0.29, 0.717) is 30.4 Å². The first-order valence-corrected chi connectivity index (χ1v) is 10.5. The van der Waals surface area contributed by atoms with Crippen LogP contribution in [0.5, 0.6) is 5.75 Å². The molecule has 2 aliphatic rings. The molecule has 0 aromatic heterocycles. The van der Waals surface area contributed by atoms with Gasteiger partial charge in [0.05, 0.1) is 12.1 Å². The van der Waals surface area contributed by atoms with Gasteiger partial charge < -0.3 is 19.9 Å². The number of nitrogens with zero attached hydrogens (tertiary/aromatic N) is 2. The van der Waals surface area contributed by atoms with E-state index in [4.69, 9.17) is 16.3 Å². The van der Waals surface area contributed by atoms with Gasteiger partial charge in [0, 0.05) is 43.3 Å². The van der Waals surface area contributed by atoms with E-state index in [1.165, 1.54) is 0 Å². The fourth-order valence-electron chi connectivity index (χ4n) is 4.31. The van der Waals surface area contributed by atoms with Crippen molar-refractivity contribution in [3.8, 4) is 5.75 Å². The summed E-state index contributed by atoms with van der Waals surface area (Å²) in [7, 11) is 1.60. The third kappa shape index (κ3) is 4.19. The standard InChI is InChI=1S/C21H29ClN4O4/c1-12-8-15(9-16(30-5)17(12)22)26-7-6-25(11-14(26)3)18(27)13(2)10-21(4)19(28)23-20(29)24-21/h8-9,13-14H,6-7,10-11H2,1-5H3,(H2,23,24,28,29)/t13-,14-,21+/m0/s1. The Labute approximate surface area is 181 Å². The van der Waals surface area contributed by atoms with Gasteiger partial charge in [0.1, 0.15) is 11.3 Å². The van der Waals surface area contributed by atoms with Crippen molar-refractivity contribution in [2.75, 3.05) is 31.6 Å². The van der Waals surface area contributed by atoms with Gasteiger partial charge in [0.2, 0.25) is 5.91 Å². The van der Waals surface area contributed by atoms with Crippen molar-refractivity contribution < 1.29 is 19.1 Å². The smallest absolute Gasteiger partial charge is 0.322 e. The molecule has 1 aromatic carbocycles. The van der Waals surface area contributed by atoms with Crippen LogP contribution in [-0.2, 0) is 9.59 Å². The fraction of sp³-hybridized carbons (Fsp3) is 0.571. The molecule has 0 spiro atoms. The summed E-state index contributed by atoms with van der Waals surface area (Å²) in [5.41, 5.74) is 0.895. The van der Waals surface area contributed by atoms with Crippen molar-refractivity contribution in [1.29, 1.82) is 0 Å². The number of halogens is 1. The number of methoxy groups -OCH3 is 1. The van der Waals surface area contributed by atoms with Crippen molar-refractivity contribution in [3.63, 3.8) is 0 Å². The number of piperazine rings is 1. The lowest BCUT2D eigenvalue weighted by molar-refractivity contribution is -0.137. The lowest BCUT2D eigenvalue weighted by Crippen LogP contribution is -2.55. The van der Waals surface area contributed by atoms with E-state index >= 15 is 0 Å². The number of amides is 4. The summed E-state index contributed by atoms with van der Waals surface area (Å²) in [6.07, 6.45) is 0.256. The van der Waals surface area contributed by atoms with Crippen LogP contribution in [0.25, 0.3) is 0 Å². The molecular weight excluding hydrogens is 408 g/mol. The highest BCUT2D eigenvalue weighted by atomic mass is 35.5. The van der Waals surface area contributed by atoms with Gasteiger partial charge in [-0.3, -0.25) is 14.9 Å². The Morgan fingerprint density at radius 2 is 2.07 bits per heavy atom. The molecule has 8 nitrogen and oxygen atoms in total. The second-order valence-corrected chi connectivity index (χ2v) is 8.83. The van der Waals surface area contributed by atoms with Crippen LogP contribution in [0, 0.1) is 12.8 Å². The van der Waals surface area contributed by atoms with Crippen LogP contribution in [0.2, 0.25) is 5.02 Å². The Hall–Kier alpha value is -2.48. The highest BCUT2D eigenvalue weighted by Gasteiger charge is 2.44. The molecule has 2 saturated heterocycles. The second kappa shape index (κ2) is 8.34. The van der Waals surface area contributed by atoms with Crippen LogP contribution in [-0.4, -0.2) is 61.1 Å². The Bertz CT molecular complexity index is 877. The molecule has 3 atom stereocenters. The molecule has 0 bridgehead atoms. The van der Waals surface area contributed by atoms with Gasteiger partial charge in [-0.1, -0.05) is 18.5 Å². The van der Waals surface area contributed by atoms with Crippen LogP contribution in [0.15, 0.2) is 12.1 Å². The number of hydrogen-bond donors (Lipinski definition) is 2. The maximum Gasteiger partial charge on any atom is 0.322 e. The minimum Gasteiger partial charge on any atom is -0.495 e. The van der Waals surface area contributed by atoms with Crippen LogP contribution in [0.1, 0.15) is 32.8 Å². The predicted molar refractivity (Wildman–Crippen MR) is 115 cm³/mol. The Kier molecular flexibility index (Phi) is 6.17. The Morgan fingerprint density at radius 3 is 2.63 bits per heavy atom. The molecule has 4 amide bonds. The van der Waals surface area contributed by atoms with E-state index in [1.807, 2.05) is 24.0 Å². The first kappa shape index (κ1) is 22.2. The van der Waals surface area contributed by atoms with Gasteiger partial charge in [-0.05, 0) is 38.8 Å². The summed E-state index contributed by atoms with van der Waals surface area (Å²) in [6.45, 7) is 9.29. The number of rotatable bonds is 5. The summed E-state index contributed by atoms with van der Waals surface area (Å²) in [5.74, 6) is -0.161. The molecule has 3 rings (SSSR count). The molecule has 2 heterocycles. The number of imide groups is 1. The topological polar surface area (TPSA) is 91.0 Å². The van der Waals surface area contributed by atoms with E-state index in [-0.39, 0.29) is 18.4 Å². The van der Waals surface area contributed by atoms with Crippen molar-refractivity contribution in [2.45, 2.75) is 45.7 Å². The average molecular weight is 437 g/mol. The largest absolute Gasteiger partial charge is 0.495 e. The number of nitrogens with one attached hydrogen (secondary N) is 2. The van der Waals surface area contributed by atoms with E-state index < -0.39 is 23.4 Å². The van der Waals surface area contributed by atoms with Crippen LogP contribution < -0.4 is 20.3 Å². The number of ether oxygens (including phenoxy) is 1. The summed E-state index contributed by atoms with van der Waals surface area (Å²) in [4.78, 5) is 40.6. The van der Waals surface area contributed by atoms with Crippen LogP contribution >= 0.6 is 11.6 Å². The normalized spacial score (nSPS) is 25.1. The Morgan fingerprint density at radius 1 is 1.37 bits per heavy atom. The highest BCUT2D eigenvalue weighted by molar-refractivity contribution is 6.32. The number of urea groups is 1. The van der Waals surface area contributed by atoms with E-state index in [2.05, 4.69) is 22.5 Å². The van der Waals surface area contributed by atoms with Gasteiger partial charge >= 0.3 is 6.03 Å². The SMILES string of the molecule is COc1cc(N2CCN(C(=O)[C@@H](C)C[C@@]3(C)NC(=O)NC3=O)C[C@@H]2C)cc(C)c1Cl. The Balaban J connectivity index is 1.66. The van der Waals surface area contributed by atoms with Gasteiger partial charge in [-0.25, -0.2) is 4.79 Å². The first-order valence-electron chi connectivity index (χ1n) is 10.1. The molecule has 2 aliphatic heterocycles. The average Bonchev–Trinajstić information content (AvgIpc) is 2.94.